The average molecular weight is 775 g/mol. The molecule has 7 aliphatic rings. The van der Waals surface area contributed by atoms with Gasteiger partial charge in [-0.25, -0.2) is 10.2 Å². The third-order valence-corrected chi connectivity index (χ3v) is 17.4. The Morgan fingerprint density at radius 3 is 2.46 bits per heavy atom. The summed E-state index contributed by atoms with van der Waals surface area (Å²) in [5.74, 6) is -1.31. The van der Waals surface area contributed by atoms with Gasteiger partial charge in [0.25, 0.3) is 0 Å². The lowest BCUT2D eigenvalue weighted by molar-refractivity contribution is -0.351. The minimum atomic E-state index is -1.54. The molecule has 2 spiro atoms. The molecule has 2 heterocycles. The van der Waals surface area contributed by atoms with Gasteiger partial charge in [0, 0.05) is 31.4 Å². The van der Waals surface area contributed by atoms with Crippen LogP contribution in [0.2, 0.25) is 0 Å². The highest BCUT2D eigenvalue weighted by Crippen LogP contribution is 2.74. The molecular formula is C47H70N2O7. The summed E-state index contributed by atoms with van der Waals surface area (Å²) >= 11 is 0. The third kappa shape index (κ3) is 6.71. The molecule has 6 fully saturated rings. The highest BCUT2D eigenvalue weighted by atomic mass is 16.6. The van der Waals surface area contributed by atoms with E-state index in [-0.39, 0.29) is 36.4 Å². The van der Waals surface area contributed by atoms with E-state index in [1.54, 1.807) is 0 Å². The van der Waals surface area contributed by atoms with Crippen LogP contribution in [-0.2, 0) is 25.5 Å². The molecule has 2 aliphatic heterocycles. The van der Waals surface area contributed by atoms with Crippen molar-refractivity contribution in [3.8, 4) is 0 Å². The first-order chi connectivity index (χ1) is 26.7. The number of aryl methyl sites for hydroxylation is 1. The Bertz CT molecular complexity index is 1650. The van der Waals surface area contributed by atoms with Crippen LogP contribution in [0.1, 0.15) is 149 Å². The maximum absolute atomic E-state index is 13.7. The number of cyclic esters (lactones) is 1. The topological polar surface area (TPSA) is 137 Å². The fourth-order valence-electron chi connectivity index (χ4n) is 15.1. The molecule has 5 saturated carbocycles. The number of nitrogens with one attached hydrogen (secondary N) is 2. The molecule has 12 unspecified atom stereocenters. The lowest BCUT2D eigenvalue weighted by Gasteiger charge is -2.71. The minimum absolute atomic E-state index is 0.138. The van der Waals surface area contributed by atoms with E-state index in [0.29, 0.717) is 37.0 Å². The van der Waals surface area contributed by atoms with Crippen LogP contribution in [0.25, 0.3) is 0 Å². The van der Waals surface area contributed by atoms with E-state index in [2.05, 4.69) is 49.0 Å². The van der Waals surface area contributed by atoms with Gasteiger partial charge in [-0.3, -0.25) is 10.2 Å². The van der Waals surface area contributed by atoms with Crippen molar-refractivity contribution in [3.63, 3.8) is 0 Å². The molecule has 310 valence electrons. The fourth-order valence-corrected chi connectivity index (χ4v) is 15.1. The van der Waals surface area contributed by atoms with Gasteiger partial charge in [-0.1, -0.05) is 70.4 Å². The number of ether oxygens (including phenoxy) is 2. The van der Waals surface area contributed by atoms with Crippen molar-refractivity contribution >= 4 is 11.9 Å². The standard InChI is InChI=1S/C47H70N2O7/c1-31(11-10-14-34-12-6-5-7-13-34)15-16-38(51)47-39(52)18-21-42(4)36-27-44(24-23-43(30-44)19-8-9-20-43)28-37(36)48-49-46(41(42)47,56-33(3)50)26-32(2)45(47,54)22-17-35-25-40(53)55-29-35/h5-7,12-13,25,31-32,36-39,41,48-49,51-52,54H,8-11,14-24,26-30H2,1-4H3. The summed E-state index contributed by atoms with van der Waals surface area (Å²) in [7, 11) is 0. The highest BCUT2D eigenvalue weighted by molar-refractivity contribution is 5.85. The van der Waals surface area contributed by atoms with E-state index in [4.69, 9.17) is 9.47 Å². The van der Waals surface area contributed by atoms with Gasteiger partial charge in [0.05, 0.1) is 23.2 Å². The molecule has 0 aromatic heterocycles. The normalized spacial score (nSPS) is 42.2. The summed E-state index contributed by atoms with van der Waals surface area (Å²) in [6.45, 7) is 8.24. The number of hydrazine groups is 1. The number of esters is 2. The number of aliphatic hydroxyl groups is 3. The average Bonchev–Trinajstić information content (AvgIpc) is 3.96. The smallest absolute Gasteiger partial charge is 0.331 e. The van der Waals surface area contributed by atoms with E-state index in [9.17, 15) is 24.9 Å². The molecule has 0 radical (unpaired) electrons. The number of aliphatic hydroxyl groups excluding tert-OH is 2. The molecule has 9 nitrogen and oxygen atoms in total. The monoisotopic (exact) mass is 775 g/mol. The predicted molar refractivity (Wildman–Crippen MR) is 215 cm³/mol. The first-order valence-corrected chi connectivity index (χ1v) is 22.4. The minimum Gasteiger partial charge on any atom is -0.458 e. The van der Waals surface area contributed by atoms with Gasteiger partial charge in [0.1, 0.15) is 6.61 Å². The van der Waals surface area contributed by atoms with Crippen molar-refractivity contribution in [2.75, 3.05) is 6.61 Å². The molecule has 8 rings (SSSR count). The Balaban J connectivity index is 1.17. The van der Waals surface area contributed by atoms with Gasteiger partial charge in [0.15, 0.2) is 5.72 Å². The molecule has 56 heavy (non-hydrogen) atoms. The zero-order valence-corrected chi connectivity index (χ0v) is 34.6. The fraction of sp³-hybridized carbons (Fsp3) is 0.787. The number of benzene rings is 1. The zero-order chi connectivity index (χ0) is 39.6. The summed E-state index contributed by atoms with van der Waals surface area (Å²) in [4.78, 5) is 25.5. The van der Waals surface area contributed by atoms with Gasteiger partial charge in [-0.15, -0.1) is 0 Å². The van der Waals surface area contributed by atoms with Crippen molar-refractivity contribution in [1.29, 1.82) is 0 Å². The molecule has 9 heteroatoms. The van der Waals surface area contributed by atoms with Crippen molar-refractivity contribution in [3.05, 3.63) is 47.5 Å². The maximum atomic E-state index is 13.7. The molecule has 0 amide bonds. The van der Waals surface area contributed by atoms with Crippen LogP contribution in [0.4, 0.5) is 0 Å². The Labute approximate surface area is 335 Å². The van der Waals surface area contributed by atoms with Crippen LogP contribution in [-0.4, -0.2) is 63.4 Å². The number of carbonyl (C=O) groups is 2. The molecule has 12 atom stereocenters. The second-order valence-corrected chi connectivity index (χ2v) is 20.7. The van der Waals surface area contributed by atoms with Gasteiger partial charge < -0.3 is 24.8 Å². The molecule has 5 aliphatic carbocycles. The lowest BCUT2D eigenvalue weighted by Crippen LogP contribution is -2.81. The van der Waals surface area contributed by atoms with Crippen LogP contribution >= 0.6 is 0 Å². The quantitative estimate of drug-likeness (QED) is 0.137. The van der Waals surface area contributed by atoms with Gasteiger partial charge in [0.2, 0.25) is 0 Å². The molecule has 1 aromatic rings. The van der Waals surface area contributed by atoms with Gasteiger partial charge in [-0.05, 0) is 141 Å². The summed E-state index contributed by atoms with van der Waals surface area (Å²) in [5, 5.41) is 39.7. The molecule has 0 bridgehead atoms. The van der Waals surface area contributed by atoms with Crippen LogP contribution < -0.4 is 10.9 Å². The van der Waals surface area contributed by atoms with E-state index in [1.165, 1.54) is 63.5 Å². The van der Waals surface area contributed by atoms with Crippen LogP contribution in [0.3, 0.4) is 0 Å². The molecule has 1 aromatic carbocycles. The van der Waals surface area contributed by atoms with Crippen molar-refractivity contribution in [2.45, 2.75) is 179 Å². The van der Waals surface area contributed by atoms with Crippen molar-refractivity contribution in [1.82, 2.24) is 10.9 Å². The van der Waals surface area contributed by atoms with Gasteiger partial charge >= 0.3 is 11.9 Å². The number of hydrogen-bond donors (Lipinski definition) is 5. The second kappa shape index (κ2) is 15.1. The maximum Gasteiger partial charge on any atom is 0.331 e. The summed E-state index contributed by atoms with van der Waals surface area (Å²) in [6, 6.07) is 10.7. The molecule has 5 N–H and O–H groups in total. The van der Waals surface area contributed by atoms with E-state index in [1.807, 2.05) is 13.0 Å². The number of rotatable bonds is 12. The van der Waals surface area contributed by atoms with Crippen LogP contribution in [0.5, 0.6) is 0 Å². The Kier molecular flexibility index (Phi) is 10.9. The van der Waals surface area contributed by atoms with E-state index >= 15 is 0 Å². The molecule has 1 saturated heterocycles. The van der Waals surface area contributed by atoms with Gasteiger partial charge in [-0.2, -0.15) is 0 Å². The van der Waals surface area contributed by atoms with E-state index in [0.717, 1.165) is 50.5 Å². The molecular weight excluding hydrogens is 705 g/mol. The lowest BCUT2D eigenvalue weighted by atomic mass is 9.36. The highest BCUT2D eigenvalue weighted by Gasteiger charge is 2.80. The van der Waals surface area contributed by atoms with Crippen molar-refractivity contribution < 1.29 is 34.4 Å². The van der Waals surface area contributed by atoms with Crippen molar-refractivity contribution in [2.24, 2.45) is 45.3 Å². The number of carbonyl (C=O) groups excluding carboxylic acids is 2. The predicted octanol–water partition coefficient (Wildman–Crippen LogP) is 7.46. The Morgan fingerprint density at radius 2 is 1.75 bits per heavy atom. The first-order valence-electron chi connectivity index (χ1n) is 22.4. The zero-order valence-electron chi connectivity index (χ0n) is 34.6. The summed E-state index contributed by atoms with van der Waals surface area (Å²) in [5.41, 5.74) is 5.66. The second-order valence-electron chi connectivity index (χ2n) is 20.7. The largest absolute Gasteiger partial charge is 0.458 e. The first kappa shape index (κ1) is 40.5. The Morgan fingerprint density at radius 1 is 1.00 bits per heavy atom. The van der Waals surface area contributed by atoms with Crippen LogP contribution in [0.15, 0.2) is 42.0 Å². The number of fused-ring (bicyclic) bond motifs is 2. The summed E-state index contributed by atoms with van der Waals surface area (Å²) < 4.78 is 11.9. The number of hydrogen-bond acceptors (Lipinski definition) is 9. The SMILES string of the molecule is CC(=O)OC12CC(C)C(O)(CCC3=CC(=O)OC3)C3(C(O)CCC(C)CCCc4ccccc4)C(O)CCC(C)(C4CC5(CCC6(CCCC6)C5)CC4NN1)C23. The van der Waals surface area contributed by atoms with E-state index < -0.39 is 52.2 Å². The third-order valence-electron chi connectivity index (χ3n) is 17.4. The summed E-state index contributed by atoms with van der Waals surface area (Å²) in [6.07, 6.45) is 17.1. The van der Waals surface area contributed by atoms with Crippen LogP contribution in [0, 0.1) is 45.3 Å². The Hall–Kier alpha value is -2.30.